The molecule has 8 heteroatoms. The van der Waals surface area contributed by atoms with E-state index in [1.807, 2.05) is 65.6 Å². The van der Waals surface area contributed by atoms with Gasteiger partial charge in [0.15, 0.2) is 0 Å². The molecule has 1 aliphatic heterocycles. The van der Waals surface area contributed by atoms with E-state index < -0.39 is 0 Å². The van der Waals surface area contributed by atoms with Crippen molar-refractivity contribution in [3.8, 4) is 5.75 Å². The van der Waals surface area contributed by atoms with Gasteiger partial charge in [-0.3, -0.25) is 0 Å². The number of nitrogens with zero attached hydrogens (tertiary/aromatic N) is 2. The van der Waals surface area contributed by atoms with Gasteiger partial charge in [-0.25, -0.2) is 4.79 Å². The van der Waals surface area contributed by atoms with Gasteiger partial charge in [0.05, 0.1) is 23.9 Å². The maximum absolute atomic E-state index is 13.0. The molecule has 1 N–H and O–H groups in total. The molecule has 0 radical (unpaired) electrons. The molecule has 0 bridgehead atoms. The lowest BCUT2D eigenvalue weighted by Gasteiger charge is -2.43. The molecule has 0 aliphatic carbocycles. The van der Waals surface area contributed by atoms with E-state index in [0.29, 0.717) is 40.4 Å². The minimum absolute atomic E-state index is 0.0960. The Bertz CT molecular complexity index is 1090. The zero-order valence-electron chi connectivity index (χ0n) is 17.4. The van der Waals surface area contributed by atoms with Crippen molar-refractivity contribution in [2.75, 3.05) is 37.0 Å². The van der Waals surface area contributed by atoms with Crippen LogP contribution in [0.1, 0.15) is 11.6 Å². The summed E-state index contributed by atoms with van der Waals surface area (Å²) in [5.41, 5.74) is 2.63. The minimum Gasteiger partial charge on any atom is -0.497 e. The van der Waals surface area contributed by atoms with Crippen LogP contribution < -0.4 is 15.0 Å². The van der Waals surface area contributed by atoms with Crippen LogP contribution in [0.5, 0.6) is 5.75 Å². The molecule has 0 spiro atoms. The van der Waals surface area contributed by atoms with Crippen LogP contribution in [0.2, 0.25) is 15.1 Å². The molecule has 1 unspecified atom stereocenters. The third kappa shape index (κ3) is 5.07. The van der Waals surface area contributed by atoms with Gasteiger partial charge in [-0.15, -0.1) is 0 Å². The van der Waals surface area contributed by atoms with E-state index in [1.54, 1.807) is 13.2 Å². The molecule has 1 atom stereocenters. The summed E-state index contributed by atoms with van der Waals surface area (Å²) >= 11 is 18.7. The summed E-state index contributed by atoms with van der Waals surface area (Å²) in [5, 5.41) is 4.79. The number of urea groups is 1. The van der Waals surface area contributed by atoms with Gasteiger partial charge < -0.3 is 19.9 Å². The van der Waals surface area contributed by atoms with Gasteiger partial charge in [0.1, 0.15) is 5.75 Å². The Morgan fingerprint density at radius 3 is 2.28 bits per heavy atom. The number of amides is 2. The number of hydrogen-bond acceptors (Lipinski definition) is 3. The van der Waals surface area contributed by atoms with E-state index in [-0.39, 0.29) is 12.1 Å². The van der Waals surface area contributed by atoms with Crippen LogP contribution in [0.3, 0.4) is 0 Å². The predicted octanol–water partition coefficient (Wildman–Crippen LogP) is 6.75. The van der Waals surface area contributed by atoms with Gasteiger partial charge in [0.25, 0.3) is 0 Å². The predicted molar refractivity (Wildman–Crippen MR) is 132 cm³/mol. The number of rotatable bonds is 4. The smallest absolute Gasteiger partial charge is 0.321 e. The third-order valence-electron chi connectivity index (χ3n) is 5.48. The van der Waals surface area contributed by atoms with Crippen LogP contribution in [0.4, 0.5) is 16.2 Å². The lowest BCUT2D eigenvalue weighted by molar-refractivity contribution is 0.198. The normalized spacial score (nSPS) is 16.1. The van der Waals surface area contributed by atoms with Crippen LogP contribution in [0.25, 0.3) is 0 Å². The monoisotopic (exact) mass is 489 g/mol. The number of ether oxygens (including phenoxy) is 1. The third-order valence-corrected chi connectivity index (χ3v) is 6.27. The van der Waals surface area contributed by atoms with Crippen molar-refractivity contribution in [3.63, 3.8) is 0 Å². The molecule has 1 saturated heterocycles. The van der Waals surface area contributed by atoms with Crippen molar-refractivity contribution in [1.82, 2.24) is 4.90 Å². The average Bonchev–Trinajstić information content (AvgIpc) is 2.80. The van der Waals surface area contributed by atoms with Crippen molar-refractivity contribution >= 4 is 52.2 Å². The van der Waals surface area contributed by atoms with Gasteiger partial charge in [-0.1, -0.05) is 46.9 Å². The SMILES string of the molecule is COc1ccc(NC(=O)N2CCN(c3ccc(Cl)cc3Cl)C(c3ccc(Cl)cc3)C2)cc1. The summed E-state index contributed by atoms with van der Waals surface area (Å²) < 4.78 is 5.18. The number of carbonyl (C=O) groups is 1. The molecule has 3 aromatic carbocycles. The standard InChI is InChI=1S/C24H22Cl3N3O2/c1-32-20-9-7-19(8-10-20)28-24(31)29-12-13-30(22-11-6-18(26)14-21(22)27)23(15-29)16-2-4-17(25)5-3-16/h2-11,14,23H,12-13,15H2,1H3,(H,28,31). The van der Waals surface area contributed by atoms with E-state index in [1.165, 1.54) is 0 Å². The van der Waals surface area contributed by atoms with E-state index in [2.05, 4.69) is 10.2 Å². The molecule has 166 valence electrons. The first-order valence-corrected chi connectivity index (χ1v) is 11.2. The Hall–Kier alpha value is -2.60. The zero-order chi connectivity index (χ0) is 22.7. The number of benzene rings is 3. The quantitative estimate of drug-likeness (QED) is 0.440. The van der Waals surface area contributed by atoms with Gasteiger partial charge in [-0.05, 0) is 60.2 Å². The fourth-order valence-electron chi connectivity index (χ4n) is 3.82. The lowest BCUT2D eigenvalue weighted by atomic mass is 10.0. The molecule has 1 aliphatic rings. The van der Waals surface area contributed by atoms with Gasteiger partial charge in [0.2, 0.25) is 0 Å². The second-order valence-electron chi connectivity index (χ2n) is 7.46. The summed E-state index contributed by atoms with van der Waals surface area (Å²) in [5.74, 6) is 0.735. The Kier molecular flexibility index (Phi) is 6.99. The van der Waals surface area contributed by atoms with Gasteiger partial charge in [0, 0.05) is 35.4 Å². The van der Waals surface area contributed by atoms with Crippen molar-refractivity contribution in [1.29, 1.82) is 0 Å². The second kappa shape index (κ2) is 9.90. The maximum atomic E-state index is 13.0. The molecule has 0 saturated carbocycles. The van der Waals surface area contributed by atoms with E-state index >= 15 is 0 Å². The Balaban J connectivity index is 1.57. The molecule has 32 heavy (non-hydrogen) atoms. The van der Waals surface area contributed by atoms with Crippen LogP contribution in [-0.4, -0.2) is 37.7 Å². The topological polar surface area (TPSA) is 44.8 Å². The highest BCUT2D eigenvalue weighted by Crippen LogP contribution is 2.37. The molecular formula is C24H22Cl3N3O2. The zero-order valence-corrected chi connectivity index (χ0v) is 19.7. The highest BCUT2D eigenvalue weighted by molar-refractivity contribution is 6.36. The average molecular weight is 491 g/mol. The fraction of sp³-hybridized carbons (Fsp3) is 0.208. The molecular weight excluding hydrogens is 469 g/mol. The van der Waals surface area contributed by atoms with Gasteiger partial charge in [-0.2, -0.15) is 0 Å². The lowest BCUT2D eigenvalue weighted by Crippen LogP contribution is -2.51. The van der Waals surface area contributed by atoms with Crippen molar-refractivity contribution in [3.05, 3.63) is 87.4 Å². The number of piperazine rings is 1. The first-order valence-electron chi connectivity index (χ1n) is 10.1. The van der Waals surface area contributed by atoms with Gasteiger partial charge >= 0.3 is 6.03 Å². The number of carbonyl (C=O) groups excluding carboxylic acids is 1. The molecule has 0 aromatic heterocycles. The minimum atomic E-state index is -0.156. The fourth-order valence-corrected chi connectivity index (χ4v) is 4.46. The highest BCUT2D eigenvalue weighted by atomic mass is 35.5. The van der Waals surface area contributed by atoms with Crippen LogP contribution in [0, 0.1) is 0 Å². The number of hydrogen-bond donors (Lipinski definition) is 1. The second-order valence-corrected chi connectivity index (χ2v) is 8.74. The largest absolute Gasteiger partial charge is 0.497 e. The molecule has 5 nitrogen and oxygen atoms in total. The molecule has 2 amide bonds. The van der Waals surface area contributed by atoms with Crippen molar-refractivity contribution in [2.24, 2.45) is 0 Å². The Morgan fingerprint density at radius 2 is 1.62 bits per heavy atom. The molecule has 3 aromatic rings. The van der Waals surface area contributed by atoms with Crippen LogP contribution in [-0.2, 0) is 0 Å². The van der Waals surface area contributed by atoms with E-state index in [9.17, 15) is 4.79 Å². The summed E-state index contributed by atoms with van der Waals surface area (Å²) in [6.07, 6.45) is 0. The summed E-state index contributed by atoms with van der Waals surface area (Å²) in [7, 11) is 1.61. The molecule has 1 fully saturated rings. The van der Waals surface area contributed by atoms with Crippen LogP contribution in [0.15, 0.2) is 66.7 Å². The Labute approximate surface area is 202 Å². The number of anilines is 2. The summed E-state index contributed by atoms with van der Waals surface area (Å²) in [4.78, 5) is 17.0. The van der Waals surface area contributed by atoms with Crippen molar-refractivity contribution < 1.29 is 9.53 Å². The van der Waals surface area contributed by atoms with E-state index in [0.717, 1.165) is 17.0 Å². The first-order chi connectivity index (χ1) is 15.4. The van der Waals surface area contributed by atoms with Crippen molar-refractivity contribution in [2.45, 2.75) is 6.04 Å². The first kappa shape index (κ1) is 22.6. The molecule has 1 heterocycles. The van der Waals surface area contributed by atoms with Crippen LogP contribution >= 0.6 is 34.8 Å². The summed E-state index contributed by atoms with van der Waals surface area (Å²) in [6, 6.07) is 20.2. The maximum Gasteiger partial charge on any atom is 0.321 e. The van der Waals surface area contributed by atoms with E-state index in [4.69, 9.17) is 39.5 Å². The highest BCUT2D eigenvalue weighted by Gasteiger charge is 2.32. The number of methoxy groups -OCH3 is 1. The number of halogens is 3. The summed E-state index contributed by atoms with van der Waals surface area (Å²) in [6.45, 7) is 1.65. The molecule has 4 rings (SSSR count). The number of nitrogens with one attached hydrogen (secondary N) is 1. The Morgan fingerprint density at radius 1 is 0.938 bits per heavy atom.